The third kappa shape index (κ3) is 3.12. The molecule has 22 heavy (non-hydrogen) atoms. The van der Waals surface area contributed by atoms with Gasteiger partial charge in [0, 0.05) is 17.7 Å². The van der Waals surface area contributed by atoms with Gasteiger partial charge >= 0.3 is 5.69 Å². The van der Waals surface area contributed by atoms with Crippen LogP contribution in [0.1, 0.15) is 16.7 Å². The number of benzene rings is 2. The summed E-state index contributed by atoms with van der Waals surface area (Å²) in [6, 6.07) is 8.16. The Labute approximate surface area is 127 Å². The van der Waals surface area contributed by atoms with Gasteiger partial charge in [0.05, 0.1) is 10.6 Å². The van der Waals surface area contributed by atoms with Crippen LogP contribution in [0.3, 0.4) is 0 Å². The predicted octanol–water partition coefficient (Wildman–Crippen LogP) is 5.42. The van der Waals surface area contributed by atoms with E-state index in [0.717, 1.165) is 16.7 Å². The van der Waals surface area contributed by atoms with Gasteiger partial charge < -0.3 is 0 Å². The van der Waals surface area contributed by atoms with Crippen LogP contribution in [0.15, 0.2) is 40.6 Å². The molecule has 7 heteroatoms. The van der Waals surface area contributed by atoms with Gasteiger partial charge in [0.1, 0.15) is 0 Å². The van der Waals surface area contributed by atoms with Crippen LogP contribution in [0, 0.1) is 36.3 Å². The fourth-order valence-electron chi connectivity index (χ4n) is 1.97. The number of nitrogens with zero attached hydrogens (tertiary/aromatic N) is 5. The number of azo groups is 1. The molecule has 0 spiro atoms. The molecule has 0 atom stereocenters. The summed E-state index contributed by atoms with van der Waals surface area (Å²) in [6.45, 7) is 5.35. The van der Waals surface area contributed by atoms with Gasteiger partial charge in [-0.05, 0) is 44.0 Å². The van der Waals surface area contributed by atoms with Gasteiger partial charge in [0.15, 0.2) is 10.7 Å². The highest BCUT2D eigenvalue weighted by atomic mass is 16.6. The second-order valence-electron chi connectivity index (χ2n) is 4.97. The molecule has 0 aliphatic heterocycles. The minimum Gasteiger partial charge on any atom is -0.258 e. The van der Waals surface area contributed by atoms with Crippen LogP contribution in [-0.2, 0) is 0 Å². The van der Waals surface area contributed by atoms with E-state index in [0.29, 0.717) is 11.4 Å². The Hall–Kier alpha value is -3.14. The molecule has 0 radical (unpaired) electrons. The third-order valence-corrected chi connectivity index (χ3v) is 3.22. The van der Waals surface area contributed by atoms with E-state index in [1.165, 1.54) is 6.07 Å². The van der Waals surface area contributed by atoms with Crippen molar-refractivity contribution in [1.29, 1.82) is 5.39 Å². The fraction of sp³-hybridized carbons (Fsp3) is 0.200. The van der Waals surface area contributed by atoms with Crippen LogP contribution in [0.2, 0.25) is 0 Å². The van der Waals surface area contributed by atoms with Crippen LogP contribution in [-0.4, -0.2) is 4.92 Å². The largest absolute Gasteiger partial charge is 0.388 e. The summed E-state index contributed by atoms with van der Waals surface area (Å²) in [5, 5.41) is 28.0. The van der Waals surface area contributed by atoms with Crippen LogP contribution >= 0.6 is 0 Å². The summed E-state index contributed by atoms with van der Waals surface area (Å²) in [6.07, 6.45) is 0. The van der Waals surface area contributed by atoms with Gasteiger partial charge in [0.2, 0.25) is 5.39 Å². The van der Waals surface area contributed by atoms with E-state index < -0.39 is 4.92 Å². The van der Waals surface area contributed by atoms with Crippen molar-refractivity contribution in [3.63, 3.8) is 0 Å². The Morgan fingerprint density at radius 1 is 1.05 bits per heavy atom. The molecule has 2 rings (SSSR count). The average Bonchev–Trinajstić information content (AvgIpc) is 2.48. The normalized spacial score (nSPS) is 10.6. The molecule has 0 N–H and O–H groups in total. The second kappa shape index (κ2) is 6.10. The van der Waals surface area contributed by atoms with E-state index in [2.05, 4.69) is 15.2 Å². The molecule has 0 bridgehead atoms. The predicted molar refractivity (Wildman–Crippen MR) is 82.7 cm³/mol. The van der Waals surface area contributed by atoms with Crippen LogP contribution < -0.4 is 0 Å². The van der Waals surface area contributed by atoms with Crippen molar-refractivity contribution in [1.82, 2.24) is 0 Å². The lowest BCUT2D eigenvalue weighted by Crippen LogP contribution is -1.89. The first-order chi connectivity index (χ1) is 10.4. The zero-order valence-electron chi connectivity index (χ0n) is 12.4. The molecule has 0 fully saturated rings. The van der Waals surface area contributed by atoms with E-state index in [9.17, 15) is 10.1 Å². The van der Waals surface area contributed by atoms with Crippen LogP contribution in [0.5, 0.6) is 0 Å². The maximum absolute atomic E-state index is 11.1. The molecule has 0 aromatic heterocycles. The van der Waals surface area contributed by atoms with Crippen molar-refractivity contribution in [3.05, 3.63) is 62.1 Å². The Morgan fingerprint density at radius 2 is 1.73 bits per heavy atom. The van der Waals surface area contributed by atoms with Crippen molar-refractivity contribution in [2.24, 2.45) is 10.2 Å². The number of diazo groups is 1. The summed E-state index contributed by atoms with van der Waals surface area (Å²) in [4.78, 5) is 13.8. The number of nitro benzene ring substituents is 1. The van der Waals surface area contributed by atoms with E-state index in [1.54, 1.807) is 45.0 Å². The molecule has 0 aliphatic carbocycles. The Balaban J connectivity index is 2.44. The minimum atomic E-state index is -0.479. The van der Waals surface area contributed by atoms with Gasteiger partial charge in [-0.2, -0.15) is 5.11 Å². The highest BCUT2D eigenvalue weighted by Crippen LogP contribution is 2.32. The fourth-order valence-corrected chi connectivity index (χ4v) is 1.97. The zero-order chi connectivity index (χ0) is 16.3. The first kappa shape index (κ1) is 15.3. The molecular formula is C15H14N5O2+. The van der Waals surface area contributed by atoms with Crippen molar-refractivity contribution in [2.45, 2.75) is 20.8 Å². The van der Waals surface area contributed by atoms with E-state index in [4.69, 9.17) is 5.39 Å². The molecule has 2 aromatic carbocycles. The molecule has 2 aromatic rings. The number of rotatable bonds is 3. The molecular weight excluding hydrogens is 282 g/mol. The Bertz CT molecular complexity index is 821. The Kier molecular flexibility index (Phi) is 4.23. The smallest absolute Gasteiger partial charge is 0.258 e. The van der Waals surface area contributed by atoms with E-state index in [1.807, 2.05) is 0 Å². The van der Waals surface area contributed by atoms with Crippen molar-refractivity contribution >= 4 is 22.7 Å². The van der Waals surface area contributed by atoms with Crippen molar-refractivity contribution in [2.75, 3.05) is 0 Å². The lowest BCUT2D eigenvalue weighted by molar-refractivity contribution is -0.384. The topological polar surface area (TPSA) is 96.0 Å². The summed E-state index contributed by atoms with van der Waals surface area (Å²) >= 11 is 0. The van der Waals surface area contributed by atoms with Crippen LogP contribution in [0.4, 0.5) is 22.7 Å². The van der Waals surface area contributed by atoms with Gasteiger partial charge in [-0.25, -0.2) is 0 Å². The van der Waals surface area contributed by atoms with Gasteiger partial charge in [-0.15, -0.1) is 5.11 Å². The number of nitro groups is 1. The average molecular weight is 296 g/mol. The monoisotopic (exact) mass is 296 g/mol. The van der Waals surface area contributed by atoms with Gasteiger partial charge in [-0.3, -0.25) is 10.1 Å². The Morgan fingerprint density at radius 3 is 2.36 bits per heavy atom. The molecule has 0 heterocycles. The number of hydrogen-bond donors (Lipinski definition) is 0. The first-order valence-corrected chi connectivity index (χ1v) is 6.55. The van der Waals surface area contributed by atoms with Crippen molar-refractivity contribution < 1.29 is 4.92 Å². The lowest BCUT2D eigenvalue weighted by Gasteiger charge is -2.00. The number of hydrogen-bond acceptors (Lipinski definition) is 5. The molecule has 0 saturated heterocycles. The summed E-state index contributed by atoms with van der Waals surface area (Å²) < 4.78 is 0. The molecule has 110 valence electrons. The third-order valence-electron chi connectivity index (χ3n) is 3.22. The summed E-state index contributed by atoms with van der Waals surface area (Å²) in [5.74, 6) is 0. The van der Waals surface area contributed by atoms with Crippen LogP contribution in [0.25, 0.3) is 4.98 Å². The zero-order valence-corrected chi connectivity index (χ0v) is 12.4. The number of aryl methyl sites for hydroxylation is 3. The highest BCUT2D eigenvalue weighted by molar-refractivity contribution is 5.62. The second-order valence-corrected chi connectivity index (χ2v) is 4.97. The minimum absolute atomic E-state index is 0.0832. The molecule has 0 unspecified atom stereocenters. The van der Waals surface area contributed by atoms with E-state index >= 15 is 0 Å². The molecule has 0 saturated carbocycles. The standard InChI is InChI=1S/C15H14N5O2/c1-9-4-5-12(15(6-9)20(21)22)18-19-14-8-10(2)13(17-16)7-11(14)3/h4-8H,1-3H3/q+1. The summed E-state index contributed by atoms with van der Waals surface area (Å²) in [5.41, 5.74) is 3.42. The van der Waals surface area contributed by atoms with Gasteiger partial charge in [-0.1, -0.05) is 6.07 Å². The molecule has 7 nitrogen and oxygen atoms in total. The lowest BCUT2D eigenvalue weighted by atomic mass is 10.1. The summed E-state index contributed by atoms with van der Waals surface area (Å²) in [7, 11) is 0. The van der Waals surface area contributed by atoms with Gasteiger partial charge in [0.25, 0.3) is 5.69 Å². The van der Waals surface area contributed by atoms with Crippen molar-refractivity contribution in [3.8, 4) is 0 Å². The quantitative estimate of drug-likeness (QED) is 0.327. The maximum Gasteiger partial charge on any atom is 0.388 e. The van der Waals surface area contributed by atoms with E-state index in [-0.39, 0.29) is 11.4 Å². The molecule has 0 amide bonds. The molecule has 0 aliphatic rings. The SMILES string of the molecule is Cc1ccc(N=Nc2cc(C)c([N+]#N)cc2C)c([N+](=O)[O-])c1. The maximum atomic E-state index is 11.1. The first-order valence-electron chi connectivity index (χ1n) is 6.55. The highest BCUT2D eigenvalue weighted by Gasteiger charge is 2.15.